The van der Waals surface area contributed by atoms with Gasteiger partial charge in [0.05, 0.1) is 5.02 Å². The fourth-order valence-corrected chi connectivity index (χ4v) is 3.35. The van der Waals surface area contributed by atoms with Crippen molar-refractivity contribution in [2.75, 3.05) is 4.72 Å². The number of nitrogens with one attached hydrogen (secondary N) is 1. The van der Waals surface area contributed by atoms with Crippen LogP contribution in [0.4, 0.5) is 5.69 Å². The molecule has 0 saturated heterocycles. The minimum Gasteiger partial charge on any atom is -0.298 e. The Hall–Kier alpha value is -1.56. The summed E-state index contributed by atoms with van der Waals surface area (Å²) in [4.78, 5) is 10.4. The first-order valence-electron chi connectivity index (χ1n) is 5.45. The highest BCUT2D eigenvalue weighted by molar-refractivity contribution is 7.92. The van der Waals surface area contributed by atoms with Crippen LogP contribution < -0.4 is 4.72 Å². The van der Waals surface area contributed by atoms with Crippen LogP contribution in [0.5, 0.6) is 0 Å². The predicted molar refractivity (Wildman–Crippen MR) is 79.1 cm³/mol. The molecule has 0 fully saturated rings. The molecule has 0 atom stereocenters. The fourth-order valence-electron chi connectivity index (χ4n) is 1.52. The second-order valence-corrected chi connectivity index (χ2v) is 6.41. The number of hydrogen-bond donors (Lipinski definition) is 1. The van der Waals surface area contributed by atoms with E-state index in [0.717, 1.165) is 0 Å². The Morgan fingerprint density at radius 2 is 1.65 bits per heavy atom. The van der Waals surface area contributed by atoms with Gasteiger partial charge in [0.25, 0.3) is 10.0 Å². The van der Waals surface area contributed by atoms with E-state index in [0.29, 0.717) is 17.5 Å². The van der Waals surface area contributed by atoms with Gasteiger partial charge < -0.3 is 0 Å². The van der Waals surface area contributed by atoms with E-state index in [-0.39, 0.29) is 14.9 Å². The van der Waals surface area contributed by atoms with E-state index < -0.39 is 10.0 Å². The van der Waals surface area contributed by atoms with Gasteiger partial charge in [-0.25, -0.2) is 8.42 Å². The van der Waals surface area contributed by atoms with E-state index in [1.165, 1.54) is 42.5 Å². The highest BCUT2D eigenvalue weighted by Crippen LogP contribution is 2.26. The van der Waals surface area contributed by atoms with Gasteiger partial charge in [-0.15, -0.1) is 0 Å². The van der Waals surface area contributed by atoms with Crippen molar-refractivity contribution in [3.05, 3.63) is 58.1 Å². The summed E-state index contributed by atoms with van der Waals surface area (Å²) >= 11 is 11.6. The third-order valence-electron chi connectivity index (χ3n) is 2.48. The van der Waals surface area contributed by atoms with Crippen LogP contribution in [0.15, 0.2) is 47.4 Å². The first kappa shape index (κ1) is 14.8. The molecule has 0 heterocycles. The zero-order chi connectivity index (χ0) is 14.8. The summed E-state index contributed by atoms with van der Waals surface area (Å²) in [6.45, 7) is 0. The summed E-state index contributed by atoms with van der Waals surface area (Å²) in [6.07, 6.45) is 0.673. The van der Waals surface area contributed by atoms with E-state index >= 15 is 0 Å². The lowest BCUT2D eigenvalue weighted by Crippen LogP contribution is -2.13. The molecule has 0 amide bonds. The lowest BCUT2D eigenvalue weighted by atomic mass is 10.2. The minimum atomic E-state index is -3.84. The maximum atomic E-state index is 12.2. The molecule has 0 aliphatic rings. The van der Waals surface area contributed by atoms with E-state index in [9.17, 15) is 13.2 Å². The number of sulfonamides is 1. The Balaban J connectivity index is 2.35. The zero-order valence-corrected chi connectivity index (χ0v) is 12.3. The number of halogens is 2. The fraction of sp³-hybridized carbons (Fsp3) is 0. The quantitative estimate of drug-likeness (QED) is 0.871. The van der Waals surface area contributed by atoms with Crippen molar-refractivity contribution in [1.29, 1.82) is 0 Å². The van der Waals surface area contributed by atoms with Crippen LogP contribution in [-0.2, 0) is 10.0 Å². The van der Waals surface area contributed by atoms with Crippen molar-refractivity contribution >= 4 is 45.2 Å². The van der Waals surface area contributed by atoms with Crippen molar-refractivity contribution in [1.82, 2.24) is 0 Å². The third kappa shape index (κ3) is 3.30. The highest BCUT2D eigenvalue weighted by atomic mass is 35.5. The van der Waals surface area contributed by atoms with Gasteiger partial charge in [0.2, 0.25) is 0 Å². The molecule has 2 rings (SSSR count). The summed E-state index contributed by atoms with van der Waals surface area (Å²) in [5.41, 5.74) is 0.778. The van der Waals surface area contributed by atoms with Crippen molar-refractivity contribution in [3.8, 4) is 0 Å². The number of carbonyl (C=O) groups excluding carboxylic acids is 1. The molecule has 104 valence electrons. The van der Waals surface area contributed by atoms with Crippen LogP contribution in [0.1, 0.15) is 10.4 Å². The Morgan fingerprint density at radius 3 is 2.25 bits per heavy atom. The van der Waals surface area contributed by atoms with E-state index in [4.69, 9.17) is 23.2 Å². The first-order valence-corrected chi connectivity index (χ1v) is 7.69. The van der Waals surface area contributed by atoms with Gasteiger partial charge >= 0.3 is 0 Å². The molecule has 7 heteroatoms. The van der Waals surface area contributed by atoms with Gasteiger partial charge in [-0.2, -0.15) is 0 Å². The second kappa shape index (κ2) is 5.83. The van der Waals surface area contributed by atoms with Gasteiger partial charge in [-0.3, -0.25) is 9.52 Å². The van der Waals surface area contributed by atoms with Gasteiger partial charge in [0, 0.05) is 16.3 Å². The monoisotopic (exact) mass is 329 g/mol. The van der Waals surface area contributed by atoms with Crippen molar-refractivity contribution in [2.45, 2.75) is 4.90 Å². The lowest BCUT2D eigenvalue weighted by Gasteiger charge is -2.09. The molecule has 2 aromatic carbocycles. The smallest absolute Gasteiger partial charge is 0.263 e. The van der Waals surface area contributed by atoms with Crippen molar-refractivity contribution in [2.24, 2.45) is 0 Å². The van der Waals surface area contributed by atoms with Crippen LogP contribution in [-0.4, -0.2) is 14.7 Å². The molecular weight excluding hydrogens is 321 g/mol. The molecule has 0 aromatic heterocycles. The van der Waals surface area contributed by atoms with Crippen LogP contribution >= 0.6 is 23.2 Å². The number of aldehydes is 1. The molecule has 0 aliphatic carbocycles. The Morgan fingerprint density at radius 1 is 1.00 bits per heavy atom. The Labute approximate surface area is 126 Å². The van der Waals surface area contributed by atoms with Gasteiger partial charge in [-0.05, 0) is 42.5 Å². The van der Waals surface area contributed by atoms with E-state index in [1.807, 2.05) is 0 Å². The average molecular weight is 330 g/mol. The molecule has 1 N–H and O–H groups in total. The topological polar surface area (TPSA) is 63.2 Å². The van der Waals surface area contributed by atoms with Gasteiger partial charge in [0.15, 0.2) is 0 Å². The molecular formula is C13H9Cl2NO3S. The Bertz CT molecular complexity index is 743. The number of rotatable bonds is 4. The zero-order valence-electron chi connectivity index (χ0n) is 10.0. The molecule has 0 unspecified atom stereocenters. The minimum absolute atomic E-state index is 0.0754. The van der Waals surface area contributed by atoms with Crippen LogP contribution in [0, 0.1) is 0 Å². The Kier molecular flexibility index (Phi) is 4.32. The molecule has 0 bridgehead atoms. The number of benzene rings is 2. The summed E-state index contributed by atoms with van der Waals surface area (Å²) in [5.74, 6) is 0. The van der Waals surface area contributed by atoms with Crippen LogP contribution in [0.25, 0.3) is 0 Å². The SMILES string of the molecule is O=Cc1ccc(NS(=O)(=O)c2cc(Cl)ccc2Cl)cc1. The molecule has 0 aliphatic heterocycles. The maximum absolute atomic E-state index is 12.2. The predicted octanol–water partition coefficient (Wildman–Crippen LogP) is 3.61. The van der Waals surface area contributed by atoms with E-state index in [1.54, 1.807) is 0 Å². The summed E-state index contributed by atoms with van der Waals surface area (Å²) in [5, 5.41) is 0.345. The largest absolute Gasteiger partial charge is 0.298 e. The maximum Gasteiger partial charge on any atom is 0.263 e. The van der Waals surface area contributed by atoms with Crippen LogP contribution in [0.2, 0.25) is 10.0 Å². The number of carbonyl (C=O) groups is 1. The normalized spacial score (nSPS) is 11.1. The number of hydrogen-bond acceptors (Lipinski definition) is 3. The average Bonchev–Trinajstić information content (AvgIpc) is 2.42. The van der Waals surface area contributed by atoms with Crippen molar-refractivity contribution < 1.29 is 13.2 Å². The van der Waals surface area contributed by atoms with Gasteiger partial charge in [-0.1, -0.05) is 23.2 Å². The molecule has 0 radical (unpaired) electrons. The highest BCUT2D eigenvalue weighted by Gasteiger charge is 2.18. The van der Waals surface area contributed by atoms with Gasteiger partial charge in [0.1, 0.15) is 11.2 Å². The lowest BCUT2D eigenvalue weighted by molar-refractivity contribution is 0.112. The molecule has 4 nitrogen and oxygen atoms in total. The second-order valence-electron chi connectivity index (χ2n) is 3.92. The third-order valence-corrected chi connectivity index (χ3v) is 4.58. The van der Waals surface area contributed by atoms with Crippen molar-refractivity contribution in [3.63, 3.8) is 0 Å². The molecule has 0 saturated carbocycles. The van der Waals surface area contributed by atoms with Crippen LogP contribution in [0.3, 0.4) is 0 Å². The summed E-state index contributed by atoms with van der Waals surface area (Å²) in [6, 6.07) is 10.2. The molecule has 2 aromatic rings. The number of anilines is 1. The molecule has 20 heavy (non-hydrogen) atoms. The molecule has 0 spiro atoms. The van der Waals surface area contributed by atoms with E-state index in [2.05, 4.69) is 4.72 Å². The standard InChI is InChI=1S/C13H9Cl2NO3S/c14-10-3-6-12(15)13(7-10)20(18,19)16-11-4-1-9(8-17)2-5-11/h1-8,16H. The summed E-state index contributed by atoms with van der Waals surface area (Å²) < 4.78 is 26.8. The summed E-state index contributed by atoms with van der Waals surface area (Å²) in [7, 11) is -3.84. The first-order chi connectivity index (χ1) is 9.42.